The van der Waals surface area contributed by atoms with Crippen LogP contribution in [0, 0.1) is 6.92 Å². The van der Waals surface area contributed by atoms with Crippen LogP contribution >= 0.6 is 0 Å². The molecule has 0 spiro atoms. The van der Waals surface area contributed by atoms with Crippen LogP contribution in [0.5, 0.6) is 5.75 Å². The van der Waals surface area contributed by atoms with Crippen LogP contribution in [-0.2, 0) is 6.54 Å². The third kappa shape index (κ3) is 6.49. The number of hydrogen-bond donors (Lipinski definition) is 2. The number of guanidine groups is 1. The van der Waals surface area contributed by atoms with Crippen molar-refractivity contribution >= 4 is 5.96 Å². The molecule has 0 radical (unpaired) electrons. The van der Waals surface area contributed by atoms with Gasteiger partial charge >= 0.3 is 0 Å². The van der Waals surface area contributed by atoms with Crippen molar-refractivity contribution in [1.29, 1.82) is 0 Å². The molecule has 2 aromatic rings. The first kappa shape index (κ1) is 22.2. The molecule has 1 fully saturated rings. The first-order valence-electron chi connectivity index (χ1n) is 11.1. The Kier molecular flexibility index (Phi) is 8.56. The lowest BCUT2D eigenvalue weighted by atomic mass is 10.1. The van der Waals surface area contributed by atoms with Gasteiger partial charge in [-0.2, -0.15) is 5.10 Å². The van der Waals surface area contributed by atoms with Gasteiger partial charge in [0.1, 0.15) is 5.75 Å². The summed E-state index contributed by atoms with van der Waals surface area (Å²) in [7, 11) is 1.71. The number of aromatic nitrogens is 2. The zero-order chi connectivity index (χ0) is 21.2. The Labute approximate surface area is 180 Å². The van der Waals surface area contributed by atoms with Crippen molar-refractivity contribution in [3.63, 3.8) is 0 Å². The highest BCUT2D eigenvalue weighted by Crippen LogP contribution is 2.27. The predicted octanol–water partition coefficient (Wildman–Crippen LogP) is 2.98. The summed E-state index contributed by atoms with van der Waals surface area (Å²) in [5.41, 5.74) is 2.50. The van der Waals surface area contributed by atoms with Crippen molar-refractivity contribution in [3.05, 3.63) is 47.8 Å². The average molecular weight is 413 g/mol. The summed E-state index contributed by atoms with van der Waals surface area (Å²) in [6.45, 7) is 9.80. The number of nitrogens with zero attached hydrogens (tertiary/aromatic N) is 4. The molecule has 1 aliphatic heterocycles. The van der Waals surface area contributed by atoms with E-state index in [9.17, 15) is 0 Å². The number of ether oxygens (including phenoxy) is 1. The number of likely N-dealkylation sites (tertiary alicyclic amines) is 1. The molecule has 1 atom stereocenters. The Morgan fingerprint density at radius 3 is 2.60 bits per heavy atom. The zero-order valence-electron chi connectivity index (χ0n) is 18.6. The highest BCUT2D eigenvalue weighted by molar-refractivity contribution is 5.79. The molecule has 1 saturated heterocycles. The van der Waals surface area contributed by atoms with Crippen LogP contribution < -0.4 is 15.4 Å². The van der Waals surface area contributed by atoms with Crippen molar-refractivity contribution in [2.75, 3.05) is 39.8 Å². The van der Waals surface area contributed by atoms with Crippen molar-refractivity contribution in [3.8, 4) is 5.75 Å². The van der Waals surface area contributed by atoms with E-state index in [0.29, 0.717) is 6.04 Å². The Morgan fingerprint density at radius 2 is 1.97 bits per heavy atom. The molecule has 0 bridgehead atoms. The molecule has 0 amide bonds. The third-order valence-corrected chi connectivity index (χ3v) is 5.47. The molecular formula is C23H36N6O. The van der Waals surface area contributed by atoms with E-state index in [1.54, 1.807) is 7.11 Å². The summed E-state index contributed by atoms with van der Waals surface area (Å²) in [5.74, 6) is 1.77. The van der Waals surface area contributed by atoms with Crippen molar-refractivity contribution < 1.29 is 4.74 Å². The van der Waals surface area contributed by atoms with E-state index in [1.807, 2.05) is 23.0 Å². The van der Waals surface area contributed by atoms with Gasteiger partial charge in [0, 0.05) is 25.8 Å². The molecule has 7 nitrogen and oxygen atoms in total. The molecule has 30 heavy (non-hydrogen) atoms. The van der Waals surface area contributed by atoms with Crippen molar-refractivity contribution in [2.45, 2.75) is 45.7 Å². The number of aryl methyl sites for hydroxylation is 2. The minimum Gasteiger partial charge on any atom is -0.497 e. The maximum absolute atomic E-state index is 5.33. The number of rotatable bonds is 10. The standard InChI is InChI=1S/C23H36N6O/c1-4-24-23(25-12-7-15-29-18-19(2)16-27-29)26-17-22(28-13-5-6-14-28)20-8-10-21(30-3)11-9-20/h8-11,16,18,22H,4-7,12-15,17H2,1-3H3,(H2,24,25,26). The summed E-state index contributed by atoms with van der Waals surface area (Å²) < 4.78 is 7.32. The lowest BCUT2D eigenvalue weighted by Crippen LogP contribution is -2.39. The van der Waals surface area contributed by atoms with Gasteiger partial charge in [0.2, 0.25) is 0 Å². The van der Waals surface area contributed by atoms with Crippen LogP contribution in [0.25, 0.3) is 0 Å². The van der Waals surface area contributed by atoms with Gasteiger partial charge in [-0.3, -0.25) is 14.6 Å². The molecule has 1 unspecified atom stereocenters. The summed E-state index contributed by atoms with van der Waals surface area (Å²) in [6.07, 6.45) is 7.51. The van der Waals surface area contributed by atoms with E-state index >= 15 is 0 Å². The van der Waals surface area contributed by atoms with Crippen LogP contribution in [0.15, 0.2) is 41.7 Å². The normalized spacial score (nSPS) is 15.9. The topological polar surface area (TPSA) is 66.7 Å². The van der Waals surface area contributed by atoms with Gasteiger partial charge in [0.15, 0.2) is 5.96 Å². The van der Waals surface area contributed by atoms with Gasteiger partial charge in [0.25, 0.3) is 0 Å². The minimum atomic E-state index is 0.293. The van der Waals surface area contributed by atoms with E-state index < -0.39 is 0 Å². The lowest BCUT2D eigenvalue weighted by Gasteiger charge is -2.27. The second-order valence-corrected chi connectivity index (χ2v) is 7.81. The van der Waals surface area contributed by atoms with E-state index in [-0.39, 0.29) is 0 Å². The number of hydrogen-bond acceptors (Lipinski definition) is 4. The molecule has 7 heteroatoms. The average Bonchev–Trinajstić information content (AvgIpc) is 3.44. The quantitative estimate of drug-likeness (QED) is 0.357. The second kappa shape index (κ2) is 11.6. The number of methoxy groups -OCH3 is 1. The highest BCUT2D eigenvalue weighted by Gasteiger charge is 2.23. The molecule has 1 aliphatic rings. The molecule has 1 aromatic carbocycles. The Balaban J connectivity index is 1.59. The third-order valence-electron chi connectivity index (χ3n) is 5.47. The van der Waals surface area contributed by atoms with Gasteiger partial charge in [-0.15, -0.1) is 0 Å². The molecular weight excluding hydrogens is 376 g/mol. The monoisotopic (exact) mass is 412 g/mol. The number of nitrogens with one attached hydrogen (secondary N) is 2. The fourth-order valence-corrected chi connectivity index (χ4v) is 3.87. The molecule has 0 saturated carbocycles. The van der Waals surface area contributed by atoms with E-state index in [0.717, 1.165) is 57.4 Å². The maximum atomic E-state index is 5.33. The van der Waals surface area contributed by atoms with Crippen molar-refractivity contribution in [2.24, 2.45) is 4.99 Å². The van der Waals surface area contributed by atoms with Gasteiger partial charge in [-0.1, -0.05) is 12.1 Å². The molecule has 2 heterocycles. The fraction of sp³-hybridized carbons (Fsp3) is 0.565. The first-order valence-corrected chi connectivity index (χ1v) is 11.1. The zero-order valence-corrected chi connectivity index (χ0v) is 18.6. The summed E-state index contributed by atoms with van der Waals surface area (Å²) in [4.78, 5) is 7.48. The smallest absolute Gasteiger partial charge is 0.191 e. The van der Waals surface area contributed by atoms with Crippen molar-refractivity contribution in [1.82, 2.24) is 25.3 Å². The molecule has 1 aromatic heterocycles. The van der Waals surface area contributed by atoms with Gasteiger partial charge in [0.05, 0.1) is 25.9 Å². The Morgan fingerprint density at radius 1 is 1.20 bits per heavy atom. The van der Waals surface area contributed by atoms with Crippen LogP contribution in [0.3, 0.4) is 0 Å². The first-order chi connectivity index (χ1) is 14.7. The molecule has 2 N–H and O–H groups in total. The second-order valence-electron chi connectivity index (χ2n) is 7.81. The molecule has 164 valence electrons. The van der Waals surface area contributed by atoms with E-state index in [2.05, 4.69) is 52.8 Å². The maximum Gasteiger partial charge on any atom is 0.191 e. The number of aliphatic imine (C=N–C) groups is 1. The fourth-order valence-electron chi connectivity index (χ4n) is 3.87. The van der Waals surface area contributed by atoms with E-state index in [1.165, 1.54) is 24.0 Å². The molecule has 0 aliphatic carbocycles. The number of benzene rings is 1. The molecule has 3 rings (SSSR count). The van der Waals surface area contributed by atoms with Gasteiger partial charge < -0.3 is 15.4 Å². The SMILES string of the molecule is CCNC(=NCC(c1ccc(OC)cc1)N1CCCC1)NCCCn1cc(C)cn1. The van der Waals surface area contributed by atoms with Crippen LogP contribution in [0.1, 0.15) is 43.4 Å². The Bertz CT molecular complexity index is 779. The summed E-state index contributed by atoms with van der Waals surface area (Å²) in [6, 6.07) is 8.72. The van der Waals surface area contributed by atoms with Gasteiger partial charge in [-0.25, -0.2) is 0 Å². The summed E-state index contributed by atoms with van der Waals surface area (Å²) >= 11 is 0. The highest BCUT2D eigenvalue weighted by atomic mass is 16.5. The van der Waals surface area contributed by atoms with E-state index in [4.69, 9.17) is 9.73 Å². The minimum absolute atomic E-state index is 0.293. The largest absolute Gasteiger partial charge is 0.497 e. The summed E-state index contributed by atoms with van der Waals surface area (Å²) in [5, 5.41) is 11.2. The predicted molar refractivity (Wildman–Crippen MR) is 122 cm³/mol. The van der Waals surface area contributed by atoms with Crippen LogP contribution in [0.2, 0.25) is 0 Å². The van der Waals surface area contributed by atoms with Crippen LogP contribution in [-0.4, -0.2) is 60.5 Å². The lowest BCUT2D eigenvalue weighted by molar-refractivity contribution is 0.251. The van der Waals surface area contributed by atoms with Crippen LogP contribution in [0.4, 0.5) is 0 Å². The van der Waals surface area contributed by atoms with Gasteiger partial charge in [-0.05, 0) is 69.5 Å². The Hall–Kier alpha value is -2.54.